The highest BCUT2D eigenvalue weighted by atomic mass is 16.3. The van der Waals surface area contributed by atoms with E-state index in [0.29, 0.717) is 26.1 Å². The third-order valence-corrected chi connectivity index (χ3v) is 6.20. The van der Waals surface area contributed by atoms with Crippen molar-refractivity contribution in [2.45, 2.75) is 70.7 Å². The average molecular weight is 452 g/mol. The van der Waals surface area contributed by atoms with Crippen molar-refractivity contribution in [3.63, 3.8) is 0 Å². The maximum atomic E-state index is 13.2. The first kappa shape index (κ1) is 24.9. The molecule has 3 rings (SSSR count). The number of hydrogen-bond acceptors (Lipinski definition) is 4. The van der Waals surface area contributed by atoms with E-state index in [1.807, 2.05) is 42.5 Å². The Kier molecular flexibility index (Phi) is 9.46. The van der Waals surface area contributed by atoms with Crippen LogP contribution in [-0.4, -0.2) is 53.1 Å². The zero-order valence-corrected chi connectivity index (χ0v) is 19.8. The molecule has 0 spiro atoms. The van der Waals surface area contributed by atoms with Crippen LogP contribution in [0.5, 0.6) is 0 Å². The summed E-state index contributed by atoms with van der Waals surface area (Å²) in [6, 6.07) is 16.8. The lowest BCUT2D eigenvalue weighted by Crippen LogP contribution is -2.63. The van der Waals surface area contributed by atoms with E-state index >= 15 is 0 Å². The number of aliphatic hydroxyl groups excluding tert-OH is 1. The molecule has 0 radical (unpaired) electrons. The number of nitrogens with zero attached hydrogens (tertiary/aromatic N) is 1. The van der Waals surface area contributed by atoms with E-state index in [1.54, 1.807) is 4.90 Å². The van der Waals surface area contributed by atoms with Crippen molar-refractivity contribution in [1.82, 2.24) is 15.5 Å². The zero-order chi connectivity index (χ0) is 23.6. The van der Waals surface area contributed by atoms with Gasteiger partial charge in [0.1, 0.15) is 6.04 Å². The first-order valence-electron chi connectivity index (χ1n) is 12.1. The molecule has 0 unspecified atom stereocenters. The summed E-state index contributed by atoms with van der Waals surface area (Å²) in [7, 11) is 0. The summed E-state index contributed by atoms with van der Waals surface area (Å²) in [5, 5.41) is 17.3. The highest BCUT2D eigenvalue weighted by Gasteiger charge is 2.38. The summed E-state index contributed by atoms with van der Waals surface area (Å²) >= 11 is 0. The van der Waals surface area contributed by atoms with E-state index in [-0.39, 0.29) is 11.8 Å². The molecule has 0 aliphatic carbocycles. The lowest BCUT2D eigenvalue weighted by Gasteiger charge is -2.38. The van der Waals surface area contributed by atoms with Gasteiger partial charge in [-0.25, -0.2) is 0 Å². The molecule has 0 aromatic heterocycles. The monoisotopic (exact) mass is 451 g/mol. The fourth-order valence-corrected chi connectivity index (χ4v) is 4.47. The Bertz CT molecular complexity index is 902. The van der Waals surface area contributed by atoms with Gasteiger partial charge < -0.3 is 20.6 Å². The van der Waals surface area contributed by atoms with Crippen molar-refractivity contribution in [2.24, 2.45) is 0 Å². The molecule has 1 aliphatic rings. The molecular weight excluding hydrogens is 414 g/mol. The van der Waals surface area contributed by atoms with Crippen LogP contribution in [-0.2, 0) is 29.0 Å². The van der Waals surface area contributed by atoms with E-state index in [1.165, 1.54) is 25.3 Å². The van der Waals surface area contributed by atoms with Crippen molar-refractivity contribution >= 4 is 11.8 Å². The van der Waals surface area contributed by atoms with Crippen molar-refractivity contribution in [3.8, 4) is 0 Å². The smallest absolute Gasteiger partial charge is 0.242 e. The fraction of sp³-hybridized carbons (Fsp3) is 0.481. The number of unbranched alkanes of at least 4 members (excludes halogenated alkanes) is 2. The van der Waals surface area contributed by atoms with Crippen LogP contribution in [0.3, 0.4) is 0 Å². The molecule has 33 heavy (non-hydrogen) atoms. The van der Waals surface area contributed by atoms with E-state index in [0.717, 1.165) is 24.0 Å². The zero-order valence-electron chi connectivity index (χ0n) is 19.8. The van der Waals surface area contributed by atoms with Crippen LogP contribution in [0, 0.1) is 0 Å². The Labute approximate surface area is 197 Å². The molecule has 1 heterocycles. The summed E-state index contributed by atoms with van der Waals surface area (Å²) in [4.78, 5) is 26.9. The van der Waals surface area contributed by atoms with Crippen LogP contribution in [0.25, 0.3) is 0 Å². The first-order valence-corrected chi connectivity index (χ1v) is 12.1. The molecule has 0 saturated carbocycles. The third-order valence-electron chi connectivity index (χ3n) is 6.20. The molecule has 0 bridgehead atoms. The topological polar surface area (TPSA) is 81.7 Å². The summed E-state index contributed by atoms with van der Waals surface area (Å²) in [5.74, 6) is -0.358. The average Bonchev–Trinajstić information content (AvgIpc) is 2.80. The van der Waals surface area contributed by atoms with Crippen LogP contribution in [0.15, 0.2) is 54.6 Å². The second-order valence-electron chi connectivity index (χ2n) is 8.96. The second-order valence-corrected chi connectivity index (χ2v) is 8.96. The number of amides is 2. The molecule has 178 valence electrons. The van der Waals surface area contributed by atoms with E-state index in [9.17, 15) is 14.7 Å². The van der Waals surface area contributed by atoms with Gasteiger partial charge in [0, 0.05) is 26.6 Å². The molecule has 1 fully saturated rings. The number of carbonyl (C=O) groups excluding carboxylic acids is 2. The van der Waals surface area contributed by atoms with Gasteiger partial charge in [-0.05, 0) is 36.0 Å². The Morgan fingerprint density at radius 1 is 1.12 bits per heavy atom. The minimum absolute atomic E-state index is 0.138. The normalized spacial score (nSPS) is 18.1. The fourth-order valence-electron chi connectivity index (χ4n) is 4.47. The molecule has 2 amide bonds. The van der Waals surface area contributed by atoms with E-state index in [4.69, 9.17) is 0 Å². The minimum Gasteiger partial charge on any atom is -0.389 e. The lowest BCUT2D eigenvalue weighted by molar-refractivity contribution is -0.141. The van der Waals surface area contributed by atoms with Gasteiger partial charge in [-0.2, -0.15) is 0 Å². The minimum atomic E-state index is -1.04. The Hall–Kier alpha value is -2.70. The van der Waals surface area contributed by atoms with Crippen LogP contribution >= 0.6 is 0 Å². The molecule has 2 aromatic carbocycles. The highest BCUT2D eigenvalue weighted by Crippen LogP contribution is 2.17. The maximum absolute atomic E-state index is 13.2. The molecule has 3 atom stereocenters. The van der Waals surface area contributed by atoms with Crippen molar-refractivity contribution in [1.29, 1.82) is 0 Å². The van der Waals surface area contributed by atoms with E-state index < -0.39 is 18.2 Å². The van der Waals surface area contributed by atoms with Crippen LogP contribution in [0.1, 0.15) is 49.8 Å². The van der Waals surface area contributed by atoms with Crippen LogP contribution in [0.2, 0.25) is 0 Å². The predicted molar refractivity (Wildman–Crippen MR) is 131 cm³/mol. The summed E-state index contributed by atoms with van der Waals surface area (Å²) in [6.07, 6.45) is 3.98. The van der Waals surface area contributed by atoms with Crippen LogP contribution < -0.4 is 10.6 Å². The highest BCUT2D eigenvalue weighted by molar-refractivity contribution is 5.83. The number of aryl methyl sites for hydroxylation is 1. The quantitative estimate of drug-likeness (QED) is 0.459. The predicted octanol–water partition coefficient (Wildman–Crippen LogP) is 2.83. The maximum Gasteiger partial charge on any atom is 0.242 e. The molecule has 2 aromatic rings. The summed E-state index contributed by atoms with van der Waals surface area (Å²) < 4.78 is 0. The van der Waals surface area contributed by atoms with Crippen molar-refractivity contribution in [3.05, 3.63) is 71.3 Å². The molecule has 6 heteroatoms. The van der Waals surface area contributed by atoms with E-state index in [2.05, 4.69) is 29.7 Å². The molecule has 6 nitrogen and oxygen atoms in total. The number of rotatable bonds is 11. The standard InChI is InChI=1S/C27H37N3O3/c1-3-4-6-10-21-13-9-14-23(17-21)18-24(29-20(2)31)26(32)25-27(33)30(16-15-28-25)19-22-11-7-5-8-12-22/h5,7-9,11-14,17,24-26,28,32H,3-4,6,10,15-16,18-19H2,1-2H3,(H,29,31)/t24-,25-,26-/m0/s1. The third kappa shape index (κ3) is 7.41. The Balaban J connectivity index is 1.70. The van der Waals surface area contributed by atoms with Crippen molar-refractivity contribution < 1.29 is 14.7 Å². The van der Waals surface area contributed by atoms with Gasteiger partial charge in [0.25, 0.3) is 0 Å². The van der Waals surface area contributed by atoms with Gasteiger partial charge in [0.2, 0.25) is 11.8 Å². The van der Waals surface area contributed by atoms with Gasteiger partial charge >= 0.3 is 0 Å². The van der Waals surface area contributed by atoms with Gasteiger partial charge in [-0.3, -0.25) is 9.59 Å². The number of hydrogen-bond donors (Lipinski definition) is 3. The van der Waals surface area contributed by atoms with Gasteiger partial charge in [0.05, 0.1) is 12.1 Å². The number of benzene rings is 2. The van der Waals surface area contributed by atoms with Gasteiger partial charge in [-0.15, -0.1) is 0 Å². The van der Waals surface area contributed by atoms with Crippen LogP contribution in [0.4, 0.5) is 0 Å². The lowest BCUT2D eigenvalue weighted by atomic mass is 9.93. The molecule has 1 aliphatic heterocycles. The largest absolute Gasteiger partial charge is 0.389 e. The molecule has 3 N–H and O–H groups in total. The number of piperazine rings is 1. The first-order chi connectivity index (χ1) is 16.0. The van der Waals surface area contributed by atoms with Gasteiger partial charge in [0.15, 0.2) is 0 Å². The number of aliphatic hydroxyl groups is 1. The molecular formula is C27H37N3O3. The Morgan fingerprint density at radius 2 is 1.85 bits per heavy atom. The number of carbonyl (C=O) groups is 2. The Morgan fingerprint density at radius 3 is 2.58 bits per heavy atom. The SMILES string of the molecule is CCCCCc1cccc(C[C@H](NC(C)=O)[C@H](O)[C@@H]2NCCN(Cc3ccccc3)C2=O)c1. The van der Waals surface area contributed by atoms with Gasteiger partial charge in [-0.1, -0.05) is 74.4 Å². The molecule has 1 saturated heterocycles. The van der Waals surface area contributed by atoms with Crippen molar-refractivity contribution in [2.75, 3.05) is 13.1 Å². The summed E-state index contributed by atoms with van der Waals surface area (Å²) in [6.45, 7) is 5.33. The number of nitrogens with one attached hydrogen (secondary N) is 2. The second kappa shape index (κ2) is 12.5. The summed E-state index contributed by atoms with van der Waals surface area (Å²) in [5.41, 5.74) is 3.36.